The number of nitrogens with zero attached hydrogens (tertiary/aromatic N) is 2. The van der Waals surface area contributed by atoms with E-state index < -0.39 is 0 Å². The molecule has 0 spiro atoms. The molecule has 0 aromatic heterocycles. The SMILES string of the molecule is CCCON(CC)CCC#N. The Hall–Kier alpha value is -0.590. The molecule has 0 atom stereocenters. The summed E-state index contributed by atoms with van der Waals surface area (Å²) in [6.07, 6.45) is 1.56. The third kappa shape index (κ3) is 5.84. The van der Waals surface area contributed by atoms with Crippen LogP contribution in [0.25, 0.3) is 0 Å². The van der Waals surface area contributed by atoms with Crippen LogP contribution in [-0.2, 0) is 4.84 Å². The van der Waals surface area contributed by atoms with E-state index in [1.165, 1.54) is 0 Å². The summed E-state index contributed by atoms with van der Waals surface area (Å²) in [6, 6.07) is 2.09. The molecule has 0 fully saturated rings. The first-order valence-electron chi connectivity index (χ1n) is 4.10. The standard InChI is InChI=1S/C8H16N2O/c1-3-8-11-10(4-2)7-5-6-9/h3-5,7-8H2,1-2H3. The van der Waals surface area contributed by atoms with Gasteiger partial charge in [0.05, 0.1) is 19.1 Å². The van der Waals surface area contributed by atoms with Crippen LogP contribution in [-0.4, -0.2) is 24.8 Å². The predicted molar refractivity (Wildman–Crippen MR) is 43.7 cm³/mol. The number of hydrogen-bond donors (Lipinski definition) is 0. The maximum atomic E-state index is 8.30. The molecular weight excluding hydrogens is 140 g/mol. The van der Waals surface area contributed by atoms with Gasteiger partial charge in [-0.05, 0) is 6.42 Å². The van der Waals surface area contributed by atoms with Gasteiger partial charge in [0.25, 0.3) is 0 Å². The monoisotopic (exact) mass is 156 g/mol. The van der Waals surface area contributed by atoms with Gasteiger partial charge in [-0.15, -0.1) is 0 Å². The van der Waals surface area contributed by atoms with Crippen molar-refractivity contribution in [3.63, 3.8) is 0 Å². The molecule has 0 aliphatic heterocycles. The van der Waals surface area contributed by atoms with Gasteiger partial charge < -0.3 is 0 Å². The fourth-order valence-corrected chi connectivity index (χ4v) is 0.709. The Morgan fingerprint density at radius 2 is 2.18 bits per heavy atom. The van der Waals surface area contributed by atoms with Gasteiger partial charge in [0.15, 0.2) is 0 Å². The van der Waals surface area contributed by atoms with Crippen molar-refractivity contribution in [3.8, 4) is 6.07 Å². The van der Waals surface area contributed by atoms with Crippen molar-refractivity contribution in [1.29, 1.82) is 5.26 Å². The molecule has 0 N–H and O–H groups in total. The van der Waals surface area contributed by atoms with E-state index in [9.17, 15) is 0 Å². The quantitative estimate of drug-likeness (QED) is 0.547. The van der Waals surface area contributed by atoms with E-state index >= 15 is 0 Å². The molecule has 11 heavy (non-hydrogen) atoms. The maximum Gasteiger partial charge on any atom is 0.0682 e. The van der Waals surface area contributed by atoms with E-state index in [1.54, 1.807) is 0 Å². The maximum absolute atomic E-state index is 8.30. The minimum absolute atomic E-state index is 0.539. The molecule has 0 aliphatic carbocycles. The summed E-state index contributed by atoms with van der Waals surface area (Å²) in [6.45, 7) is 6.40. The Labute approximate surface area is 68.5 Å². The van der Waals surface area contributed by atoms with Crippen molar-refractivity contribution in [2.75, 3.05) is 19.7 Å². The Morgan fingerprint density at radius 1 is 1.45 bits per heavy atom. The van der Waals surface area contributed by atoms with E-state index in [0.29, 0.717) is 13.0 Å². The molecule has 0 aromatic rings. The lowest BCUT2D eigenvalue weighted by molar-refractivity contribution is -0.154. The largest absolute Gasteiger partial charge is 0.299 e. The van der Waals surface area contributed by atoms with Crippen LogP contribution < -0.4 is 0 Å². The lowest BCUT2D eigenvalue weighted by Crippen LogP contribution is -2.25. The lowest BCUT2D eigenvalue weighted by atomic mass is 10.4. The summed E-state index contributed by atoms with van der Waals surface area (Å²) in [5, 5.41) is 10.1. The molecule has 0 saturated heterocycles. The van der Waals surface area contributed by atoms with Crippen LogP contribution in [0.3, 0.4) is 0 Å². The van der Waals surface area contributed by atoms with Crippen molar-refractivity contribution < 1.29 is 4.84 Å². The zero-order valence-corrected chi connectivity index (χ0v) is 7.34. The molecule has 64 valence electrons. The highest BCUT2D eigenvalue weighted by Crippen LogP contribution is 1.93. The minimum atomic E-state index is 0.539. The fraction of sp³-hybridized carbons (Fsp3) is 0.875. The molecule has 0 aliphatic rings. The Bertz CT molecular complexity index is 120. The van der Waals surface area contributed by atoms with E-state index in [0.717, 1.165) is 19.6 Å². The van der Waals surface area contributed by atoms with Gasteiger partial charge in [0.1, 0.15) is 0 Å². The van der Waals surface area contributed by atoms with Crippen molar-refractivity contribution >= 4 is 0 Å². The number of nitriles is 1. The Kier molecular flexibility index (Phi) is 7.11. The molecule has 0 heterocycles. The van der Waals surface area contributed by atoms with Crippen LogP contribution in [0.1, 0.15) is 26.7 Å². The Balaban J connectivity index is 3.34. The summed E-state index contributed by atoms with van der Waals surface area (Å²) in [5.74, 6) is 0. The highest BCUT2D eigenvalue weighted by Gasteiger charge is 1.99. The van der Waals surface area contributed by atoms with Gasteiger partial charge in [-0.2, -0.15) is 10.3 Å². The zero-order valence-electron chi connectivity index (χ0n) is 7.34. The van der Waals surface area contributed by atoms with Crippen molar-refractivity contribution in [1.82, 2.24) is 5.06 Å². The molecule has 0 radical (unpaired) electrons. The summed E-state index contributed by atoms with van der Waals surface area (Å²) < 4.78 is 0. The topological polar surface area (TPSA) is 36.3 Å². The second kappa shape index (κ2) is 7.52. The predicted octanol–water partition coefficient (Wildman–Crippen LogP) is 1.56. The molecule has 3 nitrogen and oxygen atoms in total. The van der Waals surface area contributed by atoms with Crippen molar-refractivity contribution in [2.24, 2.45) is 0 Å². The lowest BCUT2D eigenvalue weighted by Gasteiger charge is -2.17. The third-order valence-electron chi connectivity index (χ3n) is 1.30. The molecule has 0 bridgehead atoms. The van der Waals surface area contributed by atoms with Gasteiger partial charge in [0.2, 0.25) is 0 Å². The number of hydroxylamine groups is 2. The molecule has 3 heteroatoms. The van der Waals surface area contributed by atoms with Crippen molar-refractivity contribution in [2.45, 2.75) is 26.7 Å². The normalized spacial score (nSPS) is 10.0. The second-order valence-electron chi connectivity index (χ2n) is 2.26. The average Bonchev–Trinajstić information content (AvgIpc) is 2.05. The van der Waals surface area contributed by atoms with Gasteiger partial charge in [-0.3, -0.25) is 4.84 Å². The molecular formula is C8H16N2O. The second-order valence-corrected chi connectivity index (χ2v) is 2.26. The van der Waals surface area contributed by atoms with Crippen LogP contribution in [0.4, 0.5) is 0 Å². The highest BCUT2D eigenvalue weighted by molar-refractivity contribution is 4.69. The fourth-order valence-electron chi connectivity index (χ4n) is 0.709. The Morgan fingerprint density at radius 3 is 2.64 bits per heavy atom. The van der Waals surface area contributed by atoms with Gasteiger partial charge in [-0.25, -0.2) is 0 Å². The molecule has 0 unspecified atom stereocenters. The first-order valence-corrected chi connectivity index (χ1v) is 4.10. The number of hydrogen-bond acceptors (Lipinski definition) is 3. The van der Waals surface area contributed by atoms with Gasteiger partial charge in [0, 0.05) is 13.1 Å². The smallest absolute Gasteiger partial charge is 0.0682 e. The van der Waals surface area contributed by atoms with Crippen LogP contribution in [0, 0.1) is 11.3 Å². The molecule has 0 rings (SSSR count). The summed E-state index contributed by atoms with van der Waals surface area (Å²) in [7, 11) is 0. The van der Waals surface area contributed by atoms with Crippen LogP contribution >= 0.6 is 0 Å². The average molecular weight is 156 g/mol. The number of rotatable bonds is 6. The third-order valence-corrected chi connectivity index (χ3v) is 1.30. The van der Waals surface area contributed by atoms with Crippen LogP contribution in [0.5, 0.6) is 0 Å². The van der Waals surface area contributed by atoms with Gasteiger partial charge in [-0.1, -0.05) is 13.8 Å². The molecule has 0 amide bonds. The van der Waals surface area contributed by atoms with E-state index in [-0.39, 0.29) is 0 Å². The van der Waals surface area contributed by atoms with Crippen LogP contribution in [0.2, 0.25) is 0 Å². The van der Waals surface area contributed by atoms with Crippen LogP contribution in [0.15, 0.2) is 0 Å². The first kappa shape index (κ1) is 10.4. The summed E-state index contributed by atoms with van der Waals surface area (Å²) in [4.78, 5) is 5.32. The zero-order chi connectivity index (χ0) is 8.53. The van der Waals surface area contributed by atoms with Crippen molar-refractivity contribution in [3.05, 3.63) is 0 Å². The molecule has 0 aromatic carbocycles. The minimum Gasteiger partial charge on any atom is -0.299 e. The van der Waals surface area contributed by atoms with E-state index in [2.05, 4.69) is 13.0 Å². The summed E-state index contributed by atoms with van der Waals surface area (Å²) >= 11 is 0. The first-order chi connectivity index (χ1) is 5.35. The van der Waals surface area contributed by atoms with E-state index in [4.69, 9.17) is 10.1 Å². The molecule has 0 saturated carbocycles. The van der Waals surface area contributed by atoms with Gasteiger partial charge >= 0.3 is 0 Å². The summed E-state index contributed by atoms with van der Waals surface area (Å²) in [5.41, 5.74) is 0. The highest BCUT2D eigenvalue weighted by atomic mass is 16.7. The van der Waals surface area contributed by atoms with E-state index in [1.807, 2.05) is 12.0 Å².